The number of anilines is 1. The van der Waals surface area contributed by atoms with Gasteiger partial charge in [0.2, 0.25) is 0 Å². The lowest BCUT2D eigenvalue weighted by molar-refractivity contribution is 0.170. The summed E-state index contributed by atoms with van der Waals surface area (Å²) in [4.78, 5) is 8.86. The van der Waals surface area contributed by atoms with Crippen LogP contribution in [0.1, 0.15) is 27.8 Å². The summed E-state index contributed by atoms with van der Waals surface area (Å²) in [5, 5.41) is 9.70. The van der Waals surface area contributed by atoms with Crippen LogP contribution in [0.4, 0.5) is 5.69 Å². The van der Waals surface area contributed by atoms with Crippen molar-refractivity contribution in [2.45, 2.75) is 32.1 Å². The largest absolute Gasteiger partial charge is 0.365 e. The molecule has 0 N–H and O–H groups in total. The molecule has 3 heterocycles. The Kier molecular flexibility index (Phi) is 8.82. The van der Waals surface area contributed by atoms with Crippen LogP contribution in [0, 0.1) is 11.3 Å². The second-order valence-corrected chi connectivity index (χ2v) is 13.1. The number of aromatic nitrogens is 1. The molecule has 1 fully saturated rings. The lowest BCUT2D eigenvalue weighted by Crippen LogP contribution is -2.56. The molecule has 0 amide bonds. The highest BCUT2D eigenvalue weighted by Gasteiger charge is 2.40. The van der Waals surface area contributed by atoms with Crippen molar-refractivity contribution in [2.24, 2.45) is 0 Å². The highest BCUT2D eigenvalue weighted by atomic mass is 32.2. The number of rotatable bonds is 8. The van der Waals surface area contributed by atoms with E-state index in [4.69, 9.17) is 0 Å². The Morgan fingerprint density at radius 3 is 2.19 bits per heavy atom. The maximum absolute atomic E-state index is 14.5. The van der Waals surface area contributed by atoms with Gasteiger partial charge in [-0.15, -0.1) is 0 Å². The van der Waals surface area contributed by atoms with E-state index in [1.165, 1.54) is 5.56 Å². The molecule has 1 aromatic heterocycles. The van der Waals surface area contributed by atoms with Crippen LogP contribution in [0.5, 0.6) is 0 Å². The van der Waals surface area contributed by atoms with Gasteiger partial charge in [-0.3, -0.25) is 9.88 Å². The molecule has 2 aliphatic heterocycles. The minimum atomic E-state index is -3.81. The molecule has 1 unspecified atom stereocenters. The molecule has 9 heteroatoms. The number of hydrogen-bond donors (Lipinski definition) is 0. The van der Waals surface area contributed by atoms with E-state index in [-0.39, 0.29) is 12.6 Å². The molecule has 220 valence electrons. The van der Waals surface area contributed by atoms with E-state index >= 15 is 0 Å². The van der Waals surface area contributed by atoms with Gasteiger partial charge < -0.3 is 4.90 Å². The third-order valence-corrected chi connectivity index (χ3v) is 10.4. The second-order valence-electron chi connectivity index (χ2n) is 11.3. The second kappa shape index (κ2) is 13.1. The summed E-state index contributed by atoms with van der Waals surface area (Å²) >= 11 is 0. The standard InChI is InChI=1S/C34H36N6O2S/c35-22-30-13-14-34-32(20-30)26-40(43(41,42)39-18-16-37(17-19-39)24-29-10-5-2-6-11-29)33(21-28-8-3-1-4-9-28)27-38(34)25-31-12-7-15-36-23-31/h1-15,20,23,33H,16-19,21,24-27H2. The Labute approximate surface area is 254 Å². The average molecular weight is 593 g/mol. The first-order chi connectivity index (χ1) is 21.0. The van der Waals surface area contributed by atoms with Gasteiger partial charge in [-0.2, -0.15) is 22.3 Å². The lowest BCUT2D eigenvalue weighted by Gasteiger charge is -2.39. The van der Waals surface area contributed by atoms with E-state index in [2.05, 4.69) is 45.1 Å². The van der Waals surface area contributed by atoms with Crippen LogP contribution in [-0.4, -0.2) is 65.7 Å². The normalized spacial score (nSPS) is 18.5. The van der Waals surface area contributed by atoms with Crippen LogP contribution in [-0.2, 0) is 36.3 Å². The third-order valence-electron chi connectivity index (χ3n) is 8.33. The smallest absolute Gasteiger partial charge is 0.282 e. The maximum atomic E-state index is 14.5. The molecule has 4 aromatic rings. The van der Waals surface area contributed by atoms with Crippen molar-refractivity contribution >= 4 is 15.9 Å². The van der Waals surface area contributed by atoms with Gasteiger partial charge in [0.05, 0.1) is 11.6 Å². The van der Waals surface area contributed by atoms with E-state index in [9.17, 15) is 13.7 Å². The monoisotopic (exact) mass is 592 g/mol. The molecule has 3 aromatic carbocycles. The Balaban J connectivity index is 1.31. The minimum absolute atomic E-state index is 0.207. The quantitative estimate of drug-likeness (QED) is 0.301. The Morgan fingerprint density at radius 2 is 1.51 bits per heavy atom. The molecule has 0 aliphatic carbocycles. The zero-order valence-corrected chi connectivity index (χ0v) is 25.0. The highest BCUT2D eigenvalue weighted by molar-refractivity contribution is 7.86. The number of fused-ring (bicyclic) bond motifs is 1. The van der Waals surface area contributed by atoms with Crippen LogP contribution in [0.2, 0.25) is 0 Å². The average Bonchev–Trinajstić information content (AvgIpc) is 3.19. The van der Waals surface area contributed by atoms with Gasteiger partial charge in [-0.05, 0) is 52.9 Å². The third kappa shape index (κ3) is 6.79. The predicted molar refractivity (Wildman–Crippen MR) is 168 cm³/mol. The van der Waals surface area contributed by atoms with Gasteiger partial charge in [-0.25, -0.2) is 0 Å². The van der Waals surface area contributed by atoms with Crippen molar-refractivity contribution in [3.05, 3.63) is 131 Å². The van der Waals surface area contributed by atoms with Gasteiger partial charge >= 0.3 is 0 Å². The summed E-state index contributed by atoms with van der Waals surface area (Å²) in [6.07, 6.45) is 4.19. The Bertz CT molecular complexity index is 1650. The van der Waals surface area contributed by atoms with Gasteiger partial charge in [0.25, 0.3) is 10.2 Å². The SMILES string of the molecule is N#Cc1ccc2c(c1)CN(S(=O)(=O)N1CCN(Cc3ccccc3)CC1)C(Cc1ccccc1)CN2Cc1cccnc1. The number of hydrogen-bond acceptors (Lipinski definition) is 6. The lowest BCUT2D eigenvalue weighted by atomic mass is 10.1. The van der Waals surface area contributed by atoms with E-state index in [1.807, 2.05) is 72.9 Å². The van der Waals surface area contributed by atoms with Crippen molar-refractivity contribution in [3.63, 3.8) is 0 Å². The summed E-state index contributed by atoms with van der Waals surface area (Å²) in [6.45, 7) is 4.34. The van der Waals surface area contributed by atoms with Gasteiger partial charge in [0, 0.05) is 76.5 Å². The van der Waals surface area contributed by atoms with Gasteiger partial charge in [0.15, 0.2) is 0 Å². The first kappa shape index (κ1) is 29.0. The van der Waals surface area contributed by atoms with Crippen molar-refractivity contribution < 1.29 is 8.42 Å². The van der Waals surface area contributed by atoms with Gasteiger partial charge in [0.1, 0.15) is 0 Å². The first-order valence-electron chi connectivity index (χ1n) is 14.7. The molecular weight excluding hydrogens is 556 g/mol. The minimum Gasteiger partial charge on any atom is -0.365 e. The fourth-order valence-electron chi connectivity index (χ4n) is 6.12. The molecule has 0 saturated carbocycles. The van der Waals surface area contributed by atoms with Crippen molar-refractivity contribution in [2.75, 3.05) is 37.6 Å². The van der Waals surface area contributed by atoms with Crippen LogP contribution in [0.3, 0.4) is 0 Å². The summed E-state index contributed by atoms with van der Waals surface area (Å²) in [7, 11) is -3.81. The maximum Gasteiger partial charge on any atom is 0.282 e. The molecular formula is C34H36N6O2S. The zero-order valence-electron chi connectivity index (χ0n) is 24.2. The van der Waals surface area contributed by atoms with Crippen molar-refractivity contribution in [1.29, 1.82) is 5.26 Å². The summed E-state index contributed by atoms with van der Waals surface area (Å²) in [5.74, 6) is 0. The van der Waals surface area contributed by atoms with Gasteiger partial charge in [-0.1, -0.05) is 66.7 Å². The number of nitriles is 1. The predicted octanol–water partition coefficient (Wildman–Crippen LogP) is 4.45. The molecule has 0 spiro atoms. The Hall–Kier alpha value is -4.07. The van der Waals surface area contributed by atoms with Crippen LogP contribution < -0.4 is 4.90 Å². The van der Waals surface area contributed by atoms with Crippen LogP contribution in [0.25, 0.3) is 0 Å². The molecule has 0 bridgehead atoms. The number of nitrogens with zero attached hydrogens (tertiary/aromatic N) is 6. The van der Waals surface area contributed by atoms with Crippen molar-refractivity contribution in [3.8, 4) is 6.07 Å². The van der Waals surface area contributed by atoms with E-state index in [0.29, 0.717) is 51.3 Å². The summed E-state index contributed by atoms with van der Waals surface area (Å²) < 4.78 is 32.4. The molecule has 1 atom stereocenters. The molecule has 1 saturated heterocycles. The van der Waals surface area contributed by atoms with Crippen LogP contribution in [0.15, 0.2) is 103 Å². The fourth-order valence-corrected chi connectivity index (χ4v) is 7.87. The molecule has 6 rings (SSSR count). The topological polar surface area (TPSA) is 83.8 Å². The molecule has 0 radical (unpaired) electrons. The first-order valence-corrected chi connectivity index (χ1v) is 16.1. The Morgan fingerprint density at radius 1 is 0.814 bits per heavy atom. The molecule has 8 nitrogen and oxygen atoms in total. The number of piperazine rings is 1. The fraction of sp³-hybridized carbons (Fsp3) is 0.294. The zero-order chi connectivity index (χ0) is 29.6. The summed E-state index contributed by atoms with van der Waals surface area (Å²) in [5.41, 5.74) is 5.67. The number of benzene rings is 3. The molecule has 2 aliphatic rings. The van der Waals surface area contributed by atoms with Crippen molar-refractivity contribution in [1.82, 2.24) is 18.5 Å². The summed E-state index contributed by atoms with van der Waals surface area (Å²) in [6, 6.07) is 31.9. The molecule has 43 heavy (non-hydrogen) atoms. The van der Waals surface area contributed by atoms with E-state index in [0.717, 1.165) is 28.9 Å². The van der Waals surface area contributed by atoms with E-state index in [1.54, 1.807) is 14.8 Å². The highest BCUT2D eigenvalue weighted by Crippen LogP contribution is 2.33. The number of pyridine rings is 1. The van der Waals surface area contributed by atoms with Crippen LogP contribution >= 0.6 is 0 Å². The van der Waals surface area contributed by atoms with E-state index < -0.39 is 10.2 Å².